The van der Waals surface area contributed by atoms with E-state index in [4.69, 9.17) is 9.47 Å². The second-order valence-corrected chi connectivity index (χ2v) is 8.65. The van der Waals surface area contributed by atoms with Gasteiger partial charge in [-0.1, -0.05) is 6.07 Å². The van der Waals surface area contributed by atoms with Crippen LogP contribution in [0.2, 0.25) is 0 Å². The van der Waals surface area contributed by atoms with Gasteiger partial charge in [-0.25, -0.2) is 0 Å². The number of alkyl halides is 3. The van der Waals surface area contributed by atoms with E-state index in [0.717, 1.165) is 11.0 Å². The second kappa shape index (κ2) is 10.5. The smallest absolute Gasteiger partial charge is 0.416 e. The lowest BCUT2D eigenvalue weighted by atomic mass is 10.1. The van der Waals surface area contributed by atoms with Crippen molar-refractivity contribution in [1.82, 2.24) is 4.90 Å². The van der Waals surface area contributed by atoms with Gasteiger partial charge in [0.15, 0.2) is 0 Å². The van der Waals surface area contributed by atoms with Crippen molar-refractivity contribution in [2.75, 3.05) is 13.2 Å². The Morgan fingerprint density at radius 1 is 1.20 bits per heavy atom. The average molecular weight is 575 g/mol. The molecular weight excluding hydrogens is 561 g/mol. The number of carbonyl (C=O) groups excluding carboxylic acids is 3. The van der Waals surface area contributed by atoms with Crippen LogP contribution in [0.5, 0.6) is 11.5 Å². The van der Waals surface area contributed by atoms with Crippen LogP contribution in [0.4, 0.5) is 23.7 Å². The highest BCUT2D eigenvalue weighted by molar-refractivity contribution is 9.10. The molecule has 0 N–H and O–H groups in total. The van der Waals surface area contributed by atoms with Crippen molar-refractivity contribution in [3.05, 3.63) is 67.0 Å². The van der Waals surface area contributed by atoms with Gasteiger partial charge in [-0.3, -0.25) is 29.4 Å². The lowest BCUT2D eigenvalue weighted by Gasteiger charge is -2.11. The molecule has 2 amide bonds. The van der Waals surface area contributed by atoms with Crippen molar-refractivity contribution in [2.24, 2.45) is 0 Å². The first-order valence-electron chi connectivity index (χ1n) is 9.64. The number of benzene rings is 2. The van der Waals surface area contributed by atoms with Gasteiger partial charge < -0.3 is 9.47 Å². The van der Waals surface area contributed by atoms with E-state index in [1.807, 2.05) is 0 Å². The van der Waals surface area contributed by atoms with Gasteiger partial charge in [0.25, 0.3) is 11.1 Å². The third-order valence-electron chi connectivity index (χ3n) is 4.42. The van der Waals surface area contributed by atoms with Crippen LogP contribution in [0, 0.1) is 10.1 Å². The molecule has 14 heteroatoms. The predicted molar refractivity (Wildman–Crippen MR) is 122 cm³/mol. The first kappa shape index (κ1) is 26.2. The molecule has 1 fully saturated rings. The summed E-state index contributed by atoms with van der Waals surface area (Å²) in [6.45, 7) is 1.17. The monoisotopic (exact) mass is 574 g/mol. The third kappa shape index (κ3) is 6.19. The molecule has 0 unspecified atom stereocenters. The standard InChI is InChI=1S/C21H14BrF3N2O7S/c1-2-33-18(28)10-26-19(29)17(35-20(26)30)8-11-3-5-15(13(22)7-11)34-16-6-4-12(21(23,24)25)9-14(16)27(31)32/h3-9H,2,10H2,1H3/b17-8+. The van der Waals surface area contributed by atoms with E-state index < -0.39 is 51.8 Å². The molecule has 184 valence electrons. The molecule has 0 radical (unpaired) electrons. The normalized spacial score (nSPS) is 15.0. The quantitative estimate of drug-likeness (QED) is 0.177. The highest BCUT2D eigenvalue weighted by Gasteiger charge is 2.37. The van der Waals surface area contributed by atoms with Gasteiger partial charge >= 0.3 is 17.8 Å². The fourth-order valence-corrected chi connectivity index (χ4v) is 4.17. The van der Waals surface area contributed by atoms with Crippen molar-refractivity contribution in [2.45, 2.75) is 13.1 Å². The molecule has 1 saturated heterocycles. The van der Waals surface area contributed by atoms with Crippen LogP contribution >= 0.6 is 27.7 Å². The molecule has 2 aromatic carbocycles. The van der Waals surface area contributed by atoms with E-state index >= 15 is 0 Å². The summed E-state index contributed by atoms with van der Waals surface area (Å²) < 4.78 is 49.1. The van der Waals surface area contributed by atoms with E-state index in [0.29, 0.717) is 29.5 Å². The van der Waals surface area contributed by atoms with Crippen LogP contribution in [0.1, 0.15) is 18.1 Å². The maximum atomic E-state index is 12.9. The van der Waals surface area contributed by atoms with Crippen molar-refractivity contribution in [1.29, 1.82) is 0 Å². The van der Waals surface area contributed by atoms with Gasteiger partial charge in [-0.2, -0.15) is 13.2 Å². The molecule has 0 saturated carbocycles. The molecule has 0 bridgehead atoms. The van der Waals surface area contributed by atoms with Crippen LogP contribution in [-0.4, -0.2) is 40.1 Å². The first-order chi connectivity index (χ1) is 16.4. The van der Waals surface area contributed by atoms with E-state index in [1.165, 1.54) is 24.3 Å². The number of hydrogen-bond donors (Lipinski definition) is 0. The molecule has 35 heavy (non-hydrogen) atoms. The largest absolute Gasteiger partial charge is 0.465 e. The maximum Gasteiger partial charge on any atom is 0.416 e. The van der Waals surface area contributed by atoms with Crippen LogP contribution in [0.15, 0.2) is 45.8 Å². The second-order valence-electron chi connectivity index (χ2n) is 6.80. The molecule has 1 heterocycles. The number of nitro groups is 1. The Kier molecular flexibility index (Phi) is 7.85. The summed E-state index contributed by atoms with van der Waals surface area (Å²) in [5.74, 6) is -1.75. The number of thioether (sulfide) groups is 1. The Bertz CT molecular complexity index is 1250. The fourth-order valence-electron chi connectivity index (χ4n) is 2.85. The minimum Gasteiger partial charge on any atom is -0.465 e. The molecule has 1 aliphatic rings. The summed E-state index contributed by atoms with van der Waals surface area (Å²) in [5.41, 5.74) is -1.62. The minimum atomic E-state index is -4.76. The molecule has 0 aromatic heterocycles. The van der Waals surface area contributed by atoms with Crippen molar-refractivity contribution in [3.63, 3.8) is 0 Å². The van der Waals surface area contributed by atoms with Crippen molar-refractivity contribution in [3.8, 4) is 11.5 Å². The fraction of sp³-hybridized carbons (Fsp3) is 0.190. The summed E-state index contributed by atoms with van der Waals surface area (Å²) >= 11 is 3.85. The SMILES string of the molecule is CCOC(=O)CN1C(=O)S/C(=C/c2ccc(Oc3ccc(C(F)(F)F)cc3[N+](=O)[O-])c(Br)c2)C1=O. The molecular formula is C21H14BrF3N2O7S. The molecule has 9 nitrogen and oxygen atoms in total. The number of nitro benzene ring substituents is 1. The maximum absolute atomic E-state index is 12.9. The lowest BCUT2D eigenvalue weighted by molar-refractivity contribution is -0.385. The predicted octanol–water partition coefficient (Wildman–Crippen LogP) is 5.77. The summed E-state index contributed by atoms with van der Waals surface area (Å²) in [4.78, 5) is 47.2. The van der Waals surface area contributed by atoms with E-state index in [-0.39, 0.29) is 21.7 Å². The minimum absolute atomic E-state index is 0.0539. The number of carbonyl (C=O) groups is 3. The lowest BCUT2D eigenvalue weighted by Crippen LogP contribution is -2.34. The molecule has 3 rings (SSSR count). The number of amides is 2. The molecule has 2 aromatic rings. The number of esters is 1. The number of halogens is 4. The van der Waals surface area contributed by atoms with E-state index in [1.54, 1.807) is 6.92 Å². The summed E-state index contributed by atoms with van der Waals surface area (Å²) in [6, 6.07) is 6.21. The Morgan fingerprint density at radius 3 is 2.49 bits per heavy atom. The zero-order chi connectivity index (χ0) is 25.9. The highest BCUT2D eigenvalue weighted by Crippen LogP contribution is 2.40. The van der Waals surface area contributed by atoms with Gasteiger partial charge in [-0.15, -0.1) is 0 Å². The topological polar surface area (TPSA) is 116 Å². The molecule has 0 spiro atoms. The summed E-state index contributed by atoms with van der Waals surface area (Å²) in [7, 11) is 0. The highest BCUT2D eigenvalue weighted by atomic mass is 79.9. The van der Waals surface area contributed by atoms with Crippen LogP contribution < -0.4 is 4.74 Å². The number of nitrogens with zero attached hydrogens (tertiary/aromatic N) is 2. The summed E-state index contributed by atoms with van der Waals surface area (Å²) in [6.07, 6.45) is -3.37. The van der Waals surface area contributed by atoms with Crippen LogP contribution in [0.25, 0.3) is 6.08 Å². The molecule has 1 aliphatic heterocycles. The van der Waals surface area contributed by atoms with Crippen LogP contribution in [-0.2, 0) is 20.5 Å². The zero-order valence-corrected chi connectivity index (χ0v) is 20.0. The van der Waals surface area contributed by atoms with Gasteiger partial charge in [-0.05, 0) is 70.5 Å². The summed E-state index contributed by atoms with van der Waals surface area (Å²) in [5, 5.41) is 10.6. The zero-order valence-electron chi connectivity index (χ0n) is 17.6. The number of ether oxygens (including phenoxy) is 2. The van der Waals surface area contributed by atoms with Gasteiger partial charge in [0.05, 0.1) is 26.5 Å². The molecule has 0 atom stereocenters. The van der Waals surface area contributed by atoms with Crippen molar-refractivity contribution >= 4 is 56.6 Å². The molecule has 0 aliphatic carbocycles. The first-order valence-corrected chi connectivity index (χ1v) is 11.3. The number of rotatable bonds is 7. The van der Waals surface area contributed by atoms with Crippen molar-refractivity contribution < 1.29 is 42.0 Å². The van der Waals surface area contributed by atoms with E-state index in [9.17, 15) is 37.7 Å². The van der Waals surface area contributed by atoms with Gasteiger partial charge in [0.1, 0.15) is 12.3 Å². The average Bonchev–Trinajstić information content (AvgIpc) is 3.02. The number of hydrogen-bond acceptors (Lipinski definition) is 8. The number of imide groups is 1. The Hall–Kier alpha value is -3.39. The van der Waals surface area contributed by atoms with Crippen LogP contribution in [0.3, 0.4) is 0 Å². The third-order valence-corrected chi connectivity index (χ3v) is 5.95. The van der Waals surface area contributed by atoms with E-state index in [2.05, 4.69) is 15.9 Å². The Morgan fingerprint density at radius 2 is 1.89 bits per heavy atom. The Balaban J connectivity index is 1.82. The Labute approximate surface area is 208 Å². The van der Waals surface area contributed by atoms with Gasteiger partial charge in [0.2, 0.25) is 5.75 Å². The van der Waals surface area contributed by atoms with Gasteiger partial charge in [0, 0.05) is 6.07 Å².